The largest absolute Gasteiger partial charge is 0.339 e. The van der Waals surface area contributed by atoms with Gasteiger partial charge in [0.25, 0.3) is 11.8 Å². The molecule has 0 bridgehead atoms. The minimum Gasteiger partial charge on any atom is -0.339 e. The number of nitrogens with one attached hydrogen (secondary N) is 1. The summed E-state index contributed by atoms with van der Waals surface area (Å²) in [6.45, 7) is 7.84. The fourth-order valence-electron chi connectivity index (χ4n) is 3.92. The Kier molecular flexibility index (Phi) is 7.42. The van der Waals surface area contributed by atoms with E-state index in [1.165, 1.54) is 4.88 Å². The van der Waals surface area contributed by atoms with Gasteiger partial charge in [-0.25, -0.2) is 0 Å². The molecule has 0 spiro atoms. The number of aryl methyl sites for hydroxylation is 1. The number of pyridine rings is 1. The first-order valence-corrected chi connectivity index (χ1v) is 11.6. The molecule has 0 atom stereocenters. The average Bonchev–Trinajstić information content (AvgIpc) is 3.12. The van der Waals surface area contributed by atoms with Crippen LogP contribution in [-0.2, 0) is 12.8 Å². The molecule has 6 heteroatoms. The monoisotopic (exact) mass is 413 g/mol. The molecule has 1 aliphatic rings. The first-order valence-electron chi connectivity index (χ1n) is 10.7. The summed E-state index contributed by atoms with van der Waals surface area (Å²) in [6, 6.07) is 3.48. The molecule has 2 heterocycles. The maximum atomic E-state index is 13.6. The van der Waals surface area contributed by atoms with Crippen molar-refractivity contribution < 1.29 is 9.59 Å². The maximum absolute atomic E-state index is 13.6. The predicted molar refractivity (Wildman–Crippen MR) is 119 cm³/mol. The molecule has 1 N–H and O–H groups in total. The number of anilines is 1. The van der Waals surface area contributed by atoms with Crippen LogP contribution in [0.3, 0.4) is 0 Å². The Hall–Kier alpha value is -2.21. The van der Waals surface area contributed by atoms with E-state index in [4.69, 9.17) is 0 Å². The van der Waals surface area contributed by atoms with Crippen LogP contribution in [-0.4, -0.2) is 34.8 Å². The van der Waals surface area contributed by atoms with Crippen molar-refractivity contribution in [3.05, 3.63) is 46.1 Å². The van der Waals surface area contributed by atoms with Crippen LogP contribution in [0.25, 0.3) is 0 Å². The summed E-state index contributed by atoms with van der Waals surface area (Å²) >= 11 is 1.57. The highest BCUT2D eigenvalue weighted by Crippen LogP contribution is 2.39. The highest BCUT2D eigenvalue weighted by molar-refractivity contribution is 7.17. The van der Waals surface area contributed by atoms with Gasteiger partial charge in [0.2, 0.25) is 0 Å². The summed E-state index contributed by atoms with van der Waals surface area (Å²) in [5.41, 5.74) is 2.37. The lowest BCUT2D eigenvalue weighted by molar-refractivity contribution is 0.0735. The minimum atomic E-state index is -0.214. The fourth-order valence-corrected chi connectivity index (χ4v) is 5.20. The van der Waals surface area contributed by atoms with Crippen molar-refractivity contribution in [3.8, 4) is 0 Å². The molecule has 0 aromatic carbocycles. The summed E-state index contributed by atoms with van der Waals surface area (Å²) in [5.74, 6) is 0.343. The Morgan fingerprint density at radius 2 is 1.97 bits per heavy atom. The molecule has 2 amide bonds. The van der Waals surface area contributed by atoms with E-state index in [1.54, 1.807) is 35.9 Å². The molecule has 3 rings (SSSR count). The van der Waals surface area contributed by atoms with Gasteiger partial charge < -0.3 is 10.2 Å². The Labute approximate surface area is 177 Å². The van der Waals surface area contributed by atoms with E-state index in [2.05, 4.69) is 24.1 Å². The number of carbonyl (C=O) groups is 2. The lowest BCUT2D eigenvalue weighted by Crippen LogP contribution is -2.36. The zero-order chi connectivity index (χ0) is 20.8. The van der Waals surface area contributed by atoms with Crippen molar-refractivity contribution in [2.75, 3.05) is 18.4 Å². The number of thiophene rings is 1. The number of aromatic nitrogens is 1. The van der Waals surface area contributed by atoms with Crippen molar-refractivity contribution in [2.24, 2.45) is 5.92 Å². The topological polar surface area (TPSA) is 62.3 Å². The van der Waals surface area contributed by atoms with Crippen LogP contribution in [0.5, 0.6) is 0 Å². The number of amides is 2. The molecule has 2 aromatic heterocycles. The van der Waals surface area contributed by atoms with Gasteiger partial charge >= 0.3 is 0 Å². The van der Waals surface area contributed by atoms with Crippen molar-refractivity contribution in [1.82, 2.24) is 9.88 Å². The predicted octanol–water partition coefficient (Wildman–Crippen LogP) is 5.17. The van der Waals surface area contributed by atoms with Gasteiger partial charge in [-0.3, -0.25) is 14.6 Å². The van der Waals surface area contributed by atoms with Crippen LogP contribution in [0.15, 0.2) is 24.5 Å². The summed E-state index contributed by atoms with van der Waals surface area (Å²) in [5, 5.41) is 3.71. The third kappa shape index (κ3) is 4.86. The molecule has 0 radical (unpaired) electrons. The molecule has 156 valence electrons. The number of hydrogen-bond acceptors (Lipinski definition) is 4. The molecule has 5 nitrogen and oxygen atoms in total. The summed E-state index contributed by atoms with van der Waals surface area (Å²) < 4.78 is 0. The second kappa shape index (κ2) is 10.0. The molecule has 0 saturated heterocycles. The van der Waals surface area contributed by atoms with E-state index in [-0.39, 0.29) is 11.8 Å². The molecule has 0 saturated carbocycles. The molecule has 2 aromatic rings. The fraction of sp³-hybridized carbons (Fsp3) is 0.522. The minimum absolute atomic E-state index is 0.0558. The highest BCUT2D eigenvalue weighted by atomic mass is 32.1. The third-order valence-corrected chi connectivity index (χ3v) is 7.05. The zero-order valence-corrected chi connectivity index (χ0v) is 18.5. The van der Waals surface area contributed by atoms with Crippen LogP contribution >= 0.6 is 11.3 Å². The normalized spacial score (nSPS) is 13.2. The number of nitrogens with zero attached hydrogens (tertiary/aromatic N) is 2. The van der Waals surface area contributed by atoms with Crippen LogP contribution in [0.2, 0.25) is 0 Å². The SMILES string of the molecule is CCC(CC)CN(CC)C(=O)c1c(NC(=O)c2cccnc2)sc2c1CCCC2. The zero-order valence-electron chi connectivity index (χ0n) is 17.7. The summed E-state index contributed by atoms with van der Waals surface area (Å²) in [4.78, 5) is 33.6. The smallest absolute Gasteiger partial charge is 0.257 e. The lowest BCUT2D eigenvalue weighted by atomic mass is 9.94. The van der Waals surface area contributed by atoms with E-state index in [0.717, 1.165) is 56.2 Å². The molecule has 0 fully saturated rings. The van der Waals surface area contributed by atoms with Crippen LogP contribution < -0.4 is 5.32 Å². The summed E-state index contributed by atoms with van der Waals surface area (Å²) in [6.07, 6.45) is 9.46. The van der Waals surface area contributed by atoms with Crippen molar-refractivity contribution >= 4 is 28.2 Å². The molecule has 0 unspecified atom stereocenters. The Balaban J connectivity index is 1.92. The van der Waals surface area contributed by atoms with Gasteiger partial charge in [-0.2, -0.15) is 0 Å². The maximum Gasteiger partial charge on any atom is 0.257 e. The van der Waals surface area contributed by atoms with Gasteiger partial charge in [0.05, 0.1) is 11.1 Å². The quantitative estimate of drug-likeness (QED) is 0.649. The highest BCUT2D eigenvalue weighted by Gasteiger charge is 2.29. The van der Waals surface area contributed by atoms with E-state index >= 15 is 0 Å². The molecular formula is C23H31N3O2S. The van der Waals surface area contributed by atoms with E-state index in [9.17, 15) is 9.59 Å². The van der Waals surface area contributed by atoms with Crippen LogP contribution in [0.4, 0.5) is 5.00 Å². The Bertz CT molecular complexity index is 843. The van der Waals surface area contributed by atoms with Gasteiger partial charge in [0.15, 0.2) is 0 Å². The van der Waals surface area contributed by atoms with Crippen LogP contribution in [0, 0.1) is 5.92 Å². The number of rotatable bonds is 8. The lowest BCUT2D eigenvalue weighted by Gasteiger charge is -2.26. The Morgan fingerprint density at radius 1 is 1.21 bits per heavy atom. The van der Waals surface area contributed by atoms with Crippen molar-refractivity contribution in [2.45, 2.75) is 59.3 Å². The van der Waals surface area contributed by atoms with Crippen molar-refractivity contribution in [3.63, 3.8) is 0 Å². The van der Waals surface area contributed by atoms with Crippen LogP contribution in [0.1, 0.15) is 77.6 Å². The number of carbonyl (C=O) groups excluding carboxylic acids is 2. The third-order valence-electron chi connectivity index (χ3n) is 5.84. The molecule has 1 aliphatic carbocycles. The van der Waals surface area contributed by atoms with Gasteiger partial charge in [0, 0.05) is 30.4 Å². The van der Waals surface area contributed by atoms with Gasteiger partial charge in [-0.05, 0) is 56.2 Å². The summed E-state index contributed by atoms with van der Waals surface area (Å²) in [7, 11) is 0. The van der Waals surface area contributed by atoms with E-state index < -0.39 is 0 Å². The van der Waals surface area contributed by atoms with Crippen molar-refractivity contribution in [1.29, 1.82) is 0 Å². The molecular weight excluding hydrogens is 382 g/mol. The number of hydrogen-bond donors (Lipinski definition) is 1. The second-order valence-electron chi connectivity index (χ2n) is 7.64. The van der Waals surface area contributed by atoms with E-state index in [0.29, 0.717) is 23.0 Å². The second-order valence-corrected chi connectivity index (χ2v) is 8.74. The Morgan fingerprint density at radius 3 is 2.62 bits per heavy atom. The first-order chi connectivity index (χ1) is 14.1. The van der Waals surface area contributed by atoms with E-state index in [1.807, 2.05) is 11.8 Å². The van der Waals surface area contributed by atoms with Gasteiger partial charge in [0.1, 0.15) is 5.00 Å². The molecule has 0 aliphatic heterocycles. The number of fused-ring (bicyclic) bond motifs is 1. The molecule has 29 heavy (non-hydrogen) atoms. The average molecular weight is 414 g/mol. The van der Waals surface area contributed by atoms with Gasteiger partial charge in [-0.15, -0.1) is 11.3 Å². The standard InChI is InChI=1S/C23H31N3O2S/c1-4-16(5-2)15-26(6-3)23(28)20-18-11-7-8-12-19(18)29-22(20)25-21(27)17-10-9-13-24-14-17/h9-10,13-14,16H,4-8,11-12,15H2,1-3H3,(H,25,27). The first kappa shape index (κ1) is 21.5. The van der Waals surface area contributed by atoms with Gasteiger partial charge in [-0.1, -0.05) is 26.7 Å².